The Morgan fingerprint density at radius 1 is 1.04 bits per heavy atom. The van der Waals surface area contributed by atoms with Gasteiger partial charge >= 0.3 is 0 Å². The molecule has 1 heterocycles. The maximum absolute atomic E-state index is 12.4. The second-order valence-electron chi connectivity index (χ2n) is 7.34. The van der Waals surface area contributed by atoms with Gasteiger partial charge in [0.25, 0.3) is 0 Å². The van der Waals surface area contributed by atoms with E-state index in [9.17, 15) is 10.1 Å². The smallest absolute Gasteiger partial charge is 0.246 e. The van der Waals surface area contributed by atoms with Crippen molar-refractivity contribution in [3.63, 3.8) is 0 Å². The molecule has 0 aromatic heterocycles. The molecule has 26 heavy (non-hydrogen) atoms. The van der Waals surface area contributed by atoms with Crippen molar-refractivity contribution in [2.45, 2.75) is 17.9 Å². The fourth-order valence-corrected chi connectivity index (χ4v) is 4.43. The average molecular weight is 346 g/mol. The lowest BCUT2D eigenvalue weighted by molar-refractivity contribution is -0.568. The number of nitro groups is 1. The molecule has 1 aliphatic heterocycles. The third kappa shape index (κ3) is 2.76. The van der Waals surface area contributed by atoms with Gasteiger partial charge in [-0.25, -0.2) is 0 Å². The van der Waals surface area contributed by atoms with Crippen LogP contribution in [0.15, 0.2) is 72.8 Å². The van der Waals surface area contributed by atoms with Crippen LogP contribution in [0.4, 0.5) is 0 Å². The Kier molecular flexibility index (Phi) is 4.21. The number of hydrogen-bond donors (Lipinski definition) is 0. The predicted octanol–water partition coefficient (Wildman–Crippen LogP) is 4.13. The summed E-state index contributed by atoms with van der Waals surface area (Å²) in [7, 11) is 1.98. The van der Waals surface area contributed by atoms with Crippen LogP contribution >= 0.6 is 0 Å². The molecule has 4 heteroatoms. The molecule has 4 rings (SSSR count). The van der Waals surface area contributed by atoms with Crippen LogP contribution in [0.1, 0.15) is 17.0 Å². The summed E-state index contributed by atoms with van der Waals surface area (Å²) in [5.41, 5.74) is 1.09. The number of likely N-dealkylation sites (N-methyl/N-ethyl adjacent to an activating group) is 1. The van der Waals surface area contributed by atoms with Crippen LogP contribution in [-0.4, -0.2) is 35.5 Å². The highest BCUT2D eigenvalue weighted by molar-refractivity contribution is 5.85. The van der Waals surface area contributed by atoms with E-state index in [2.05, 4.69) is 23.1 Å². The molecule has 0 bridgehead atoms. The summed E-state index contributed by atoms with van der Waals surface area (Å²) in [6.07, 6.45) is 0.436. The fourth-order valence-electron chi connectivity index (χ4n) is 4.43. The quantitative estimate of drug-likeness (QED) is 0.527. The molecule has 2 unspecified atom stereocenters. The Balaban J connectivity index is 1.82. The fraction of sp³-hybridized carbons (Fsp3) is 0.273. The van der Waals surface area contributed by atoms with Gasteiger partial charge in [-0.3, -0.25) is 15.0 Å². The van der Waals surface area contributed by atoms with Crippen LogP contribution in [0, 0.1) is 10.1 Å². The van der Waals surface area contributed by atoms with Gasteiger partial charge < -0.3 is 0 Å². The van der Waals surface area contributed by atoms with Crippen molar-refractivity contribution in [3.8, 4) is 0 Å². The number of rotatable bonds is 4. The monoisotopic (exact) mass is 346 g/mol. The molecule has 0 N–H and O–H groups in total. The molecule has 2 atom stereocenters. The predicted molar refractivity (Wildman–Crippen MR) is 104 cm³/mol. The van der Waals surface area contributed by atoms with Crippen LogP contribution < -0.4 is 0 Å². The van der Waals surface area contributed by atoms with Crippen molar-refractivity contribution in [1.29, 1.82) is 0 Å². The zero-order chi connectivity index (χ0) is 18.1. The lowest BCUT2D eigenvalue weighted by Gasteiger charge is -2.27. The topological polar surface area (TPSA) is 46.4 Å². The van der Waals surface area contributed by atoms with Crippen molar-refractivity contribution >= 4 is 10.8 Å². The number of hydrogen-bond acceptors (Lipinski definition) is 3. The first-order chi connectivity index (χ1) is 12.6. The van der Waals surface area contributed by atoms with Crippen LogP contribution in [0.25, 0.3) is 10.8 Å². The highest BCUT2D eigenvalue weighted by Gasteiger charge is 2.56. The van der Waals surface area contributed by atoms with Crippen LogP contribution in [0.5, 0.6) is 0 Å². The minimum Gasteiger partial charge on any atom is -0.299 e. The molecule has 1 saturated heterocycles. The van der Waals surface area contributed by atoms with Crippen LogP contribution in [-0.2, 0) is 6.42 Å². The summed E-state index contributed by atoms with van der Waals surface area (Å²) < 4.78 is 0. The average Bonchev–Trinajstić information content (AvgIpc) is 3.00. The maximum Gasteiger partial charge on any atom is 0.246 e. The molecule has 4 nitrogen and oxygen atoms in total. The molecule has 0 spiro atoms. The number of fused-ring (bicyclic) bond motifs is 1. The summed E-state index contributed by atoms with van der Waals surface area (Å²) in [5, 5.41) is 14.6. The molecular formula is C22H22N2O2. The number of likely N-dealkylation sites (tertiary alicyclic amines) is 1. The number of nitrogens with zero attached hydrogens (tertiary/aromatic N) is 2. The highest BCUT2D eigenvalue weighted by atomic mass is 16.6. The van der Waals surface area contributed by atoms with Crippen molar-refractivity contribution in [2.75, 3.05) is 20.1 Å². The molecule has 1 aliphatic rings. The van der Waals surface area contributed by atoms with Gasteiger partial charge in [0.2, 0.25) is 5.54 Å². The van der Waals surface area contributed by atoms with Gasteiger partial charge in [-0.2, -0.15) is 0 Å². The lowest BCUT2D eigenvalue weighted by atomic mass is 9.77. The van der Waals surface area contributed by atoms with Crippen molar-refractivity contribution in [3.05, 3.63) is 94.0 Å². The molecule has 0 saturated carbocycles. The third-order valence-electron chi connectivity index (χ3n) is 5.63. The van der Waals surface area contributed by atoms with E-state index in [0.29, 0.717) is 19.5 Å². The Labute approximate surface area is 153 Å². The van der Waals surface area contributed by atoms with Gasteiger partial charge in [0.1, 0.15) is 0 Å². The summed E-state index contributed by atoms with van der Waals surface area (Å²) >= 11 is 0. The van der Waals surface area contributed by atoms with E-state index in [4.69, 9.17) is 0 Å². The molecular weight excluding hydrogens is 324 g/mol. The van der Waals surface area contributed by atoms with Crippen LogP contribution in [0.2, 0.25) is 0 Å². The van der Waals surface area contributed by atoms with Gasteiger partial charge in [-0.15, -0.1) is 0 Å². The lowest BCUT2D eigenvalue weighted by Crippen LogP contribution is -2.47. The first kappa shape index (κ1) is 16.7. The standard InChI is InChI=1S/C22H22N2O2/c1-23-15-21(18-9-3-2-4-10-18)22(16-23,24(25)26)14-19-12-7-11-17-8-5-6-13-20(17)19/h2-13,21H,14-16H2,1H3. The summed E-state index contributed by atoms with van der Waals surface area (Å²) in [5.74, 6) is -0.123. The van der Waals surface area contributed by atoms with E-state index in [-0.39, 0.29) is 10.8 Å². The molecule has 0 radical (unpaired) electrons. The minimum atomic E-state index is -1.01. The molecule has 3 aromatic carbocycles. The third-order valence-corrected chi connectivity index (χ3v) is 5.63. The van der Waals surface area contributed by atoms with E-state index < -0.39 is 5.54 Å². The Morgan fingerprint density at radius 3 is 2.50 bits per heavy atom. The molecule has 1 fully saturated rings. The van der Waals surface area contributed by atoms with Gasteiger partial charge in [-0.05, 0) is 28.9 Å². The second-order valence-corrected chi connectivity index (χ2v) is 7.34. The first-order valence-electron chi connectivity index (χ1n) is 8.95. The number of benzene rings is 3. The van der Waals surface area contributed by atoms with E-state index in [1.165, 1.54) is 0 Å². The van der Waals surface area contributed by atoms with Crippen LogP contribution in [0.3, 0.4) is 0 Å². The second kappa shape index (κ2) is 6.54. The van der Waals surface area contributed by atoms with Crippen molar-refractivity contribution < 1.29 is 4.92 Å². The summed E-state index contributed by atoms with van der Waals surface area (Å²) in [6, 6.07) is 24.2. The molecule has 0 aliphatic carbocycles. The highest BCUT2D eigenvalue weighted by Crippen LogP contribution is 2.41. The van der Waals surface area contributed by atoms with Crippen molar-refractivity contribution in [1.82, 2.24) is 4.90 Å². The zero-order valence-electron chi connectivity index (χ0n) is 14.8. The Hall–Kier alpha value is -2.72. The van der Waals surface area contributed by atoms with E-state index in [1.54, 1.807) is 0 Å². The Morgan fingerprint density at radius 2 is 1.73 bits per heavy atom. The largest absolute Gasteiger partial charge is 0.299 e. The summed E-state index contributed by atoms with van der Waals surface area (Å²) in [4.78, 5) is 14.4. The van der Waals surface area contributed by atoms with Gasteiger partial charge in [0.15, 0.2) is 0 Å². The molecule has 3 aromatic rings. The maximum atomic E-state index is 12.4. The SMILES string of the molecule is CN1CC(c2ccccc2)C(Cc2cccc3ccccc23)([N+](=O)[O-])C1. The molecule has 0 amide bonds. The van der Waals surface area contributed by atoms with E-state index in [1.807, 2.05) is 61.6 Å². The van der Waals surface area contributed by atoms with Crippen molar-refractivity contribution in [2.24, 2.45) is 0 Å². The summed E-state index contributed by atoms with van der Waals surface area (Å²) in [6.45, 7) is 1.17. The molecule has 132 valence electrons. The minimum absolute atomic E-state index is 0.0318. The normalized spacial score (nSPS) is 23.3. The Bertz CT molecular complexity index is 936. The van der Waals surface area contributed by atoms with E-state index in [0.717, 1.165) is 21.9 Å². The van der Waals surface area contributed by atoms with Gasteiger partial charge in [0, 0.05) is 17.9 Å². The van der Waals surface area contributed by atoms with E-state index >= 15 is 0 Å². The first-order valence-corrected chi connectivity index (χ1v) is 8.95. The van der Waals surface area contributed by atoms with Gasteiger partial charge in [-0.1, -0.05) is 72.8 Å². The van der Waals surface area contributed by atoms with Gasteiger partial charge in [0.05, 0.1) is 12.5 Å². The zero-order valence-corrected chi connectivity index (χ0v) is 14.8.